The van der Waals surface area contributed by atoms with Gasteiger partial charge in [-0.2, -0.15) is 26.3 Å². The van der Waals surface area contributed by atoms with Crippen LogP contribution in [0.15, 0.2) is 30.3 Å². The SMILES string of the molecule is CCOC(=O)C1C(COCc2ccccc2)C(C(=O)OCC)C(O)(C(F)(F)F)NC1(O)C(F)(F)F. The van der Waals surface area contributed by atoms with Gasteiger partial charge in [0.2, 0.25) is 11.4 Å². The van der Waals surface area contributed by atoms with Gasteiger partial charge in [-0.15, -0.1) is 0 Å². The minimum atomic E-state index is -5.93. The van der Waals surface area contributed by atoms with Gasteiger partial charge in [-0.25, -0.2) is 5.32 Å². The highest BCUT2D eigenvalue weighted by atomic mass is 19.4. The molecule has 0 bridgehead atoms. The maximum Gasteiger partial charge on any atom is 0.431 e. The Morgan fingerprint density at radius 3 is 1.69 bits per heavy atom. The predicted octanol–water partition coefficient (Wildman–Crippen LogP) is 2.28. The molecule has 35 heavy (non-hydrogen) atoms. The van der Waals surface area contributed by atoms with Crippen LogP contribution in [0.2, 0.25) is 0 Å². The highest BCUT2D eigenvalue weighted by molar-refractivity contribution is 5.80. The molecular formula is C21H25F6NO7. The summed E-state index contributed by atoms with van der Waals surface area (Å²) in [6.45, 7) is 0.0429. The maximum atomic E-state index is 14.0. The van der Waals surface area contributed by atoms with Crippen molar-refractivity contribution in [2.45, 2.75) is 44.3 Å². The van der Waals surface area contributed by atoms with Crippen molar-refractivity contribution in [2.75, 3.05) is 19.8 Å². The fourth-order valence-electron chi connectivity index (χ4n) is 3.99. The van der Waals surface area contributed by atoms with Crippen molar-refractivity contribution < 1.29 is 60.4 Å². The summed E-state index contributed by atoms with van der Waals surface area (Å²) in [5.74, 6) is -11.6. The van der Waals surface area contributed by atoms with E-state index in [1.54, 1.807) is 30.3 Å². The summed E-state index contributed by atoms with van der Waals surface area (Å²) in [6.07, 6.45) is -11.9. The number of carbonyl (C=O) groups is 2. The van der Waals surface area contributed by atoms with Crippen LogP contribution < -0.4 is 5.32 Å². The van der Waals surface area contributed by atoms with Crippen molar-refractivity contribution in [3.8, 4) is 0 Å². The van der Waals surface area contributed by atoms with Gasteiger partial charge < -0.3 is 24.4 Å². The van der Waals surface area contributed by atoms with E-state index in [1.165, 1.54) is 13.8 Å². The smallest absolute Gasteiger partial charge is 0.431 e. The first-order chi connectivity index (χ1) is 16.1. The number of alkyl halides is 6. The van der Waals surface area contributed by atoms with E-state index < -0.39 is 73.3 Å². The lowest BCUT2D eigenvalue weighted by Gasteiger charge is -2.54. The highest BCUT2D eigenvalue weighted by Crippen LogP contribution is 2.52. The molecule has 1 aliphatic heterocycles. The van der Waals surface area contributed by atoms with Crippen molar-refractivity contribution in [3.05, 3.63) is 35.9 Å². The number of hydrogen-bond donors (Lipinski definition) is 3. The number of esters is 2. The van der Waals surface area contributed by atoms with E-state index in [-0.39, 0.29) is 6.61 Å². The minimum absolute atomic E-state index is 0.329. The van der Waals surface area contributed by atoms with E-state index >= 15 is 0 Å². The molecule has 0 saturated carbocycles. The molecule has 0 aromatic heterocycles. The molecule has 14 heteroatoms. The van der Waals surface area contributed by atoms with Gasteiger partial charge in [-0.3, -0.25) is 9.59 Å². The Labute approximate surface area is 196 Å². The van der Waals surface area contributed by atoms with Crippen LogP contribution in [0.5, 0.6) is 0 Å². The first-order valence-corrected chi connectivity index (χ1v) is 10.5. The first-order valence-electron chi connectivity index (χ1n) is 10.5. The fourth-order valence-corrected chi connectivity index (χ4v) is 3.99. The van der Waals surface area contributed by atoms with E-state index in [4.69, 9.17) is 4.74 Å². The Hall–Kier alpha value is -2.42. The Kier molecular flexibility index (Phi) is 8.79. The van der Waals surface area contributed by atoms with Crippen LogP contribution in [0, 0.1) is 17.8 Å². The normalized spacial score (nSPS) is 29.5. The third-order valence-electron chi connectivity index (χ3n) is 5.50. The summed E-state index contributed by atoms with van der Waals surface area (Å²) in [7, 11) is 0. The van der Waals surface area contributed by atoms with Crippen LogP contribution in [-0.2, 0) is 30.4 Å². The molecule has 4 atom stereocenters. The monoisotopic (exact) mass is 517 g/mol. The second-order valence-corrected chi connectivity index (χ2v) is 7.78. The Balaban J connectivity index is 2.67. The zero-order chi connectivity index (χ0) is 26.7. The number of halogens is 6. The van der Waals surface area contributed by atoms with E-state index in [9.17, 15) is 46.1 Å². The zero-order valence-electron chi connectivity index (χ0n) is 18.7. The van der Waals surface area contributed by atoms with Crippen molar-refractivity contribution in [2.24, 2.45) is 17.8 Å². The maximum absolute atomic E-state index is 14.0. The molecule has 0 radical (unpaired) electrons. The number of ether oxygens (including phenoxy) is 3. The van der Waals surface area contributed by atoms with Crippen LogP contribution >= 0.6 is 0 Å². The molecule has 0 amide bonds. The average Bonchev–Trinajstić information content (AvgIpc) is 2.73. The van der Waals surface area contributed by atoms with Gasteiger partial charge in [0.25, 0.3) is 0 Å². The quantitative estimate of drug-likeness (QED) is 0.356. The molecule has 8 nitrogen and oxygen atoms in total. The average molecular weight is 517 g/mol. The van der Waals surface area contributed by atoms with Crippen molar-refractivity contribution in [1.82, 2.24) is 5.32 Å². The lowest BCUT2D eigenvalue weighted by molar-refractivity contribution is -0.384. The molecule has 1 aliphatic rings. The molecule has 3 N–H and O–H groups in total. The van der Waals surface area contributed by atoms with E-state index in [0.717, 1.165) is 0 Å². The summed E-state index contributed by atoms with van der Waals surface area (Å²) in [4.78, 5) is 25.2. The van der Waals surface area contributed by atoms with Crippen LogP contribution in [0.1, 0.15) is 19.4 Å². The molecule has 0 spiro atoms. The van der Waals surface area contributed by atoms with Gasteiger partial charge in [0.1, 0.15) is 11.8 Å². The summed E-state index contributed by atoms with van der Waals surface area (Å²) in [5, 5.41) is 21.7. The highest BCUT2D eigenvalue weighted by Gasteiger charge is 2.78. The molecule has 0 aliphatic carbocycles. The molecule has 1 heterocycles. The number of hydrogen-bond acceptors (Lipinski definition) is 8. The molecule has 2 rings (SSSR count). The lowest BCUT2D eigenvalue weighted by Crippen LogP contribution is -2.82. The lowest BCUT2D eigenvalue weighted by atomic mass is 9.67. The van der Waals surface area contributed by atoms with E-state index in [0.29, 0.717) is 10.9 Å². The van der Waals surface area contributed by atoms with Gasteiger partial charge in [0.15, 0.2) is 0 Å². The Bertz CT molecular complexity index is 833. The summed E-state index contributed by atoms with van der Waals surface area (Å²) >= 11 is 0. The number of aliphatic hydroxyl groups is 2. The van der Waals surface area contributed by atoms with Crippen LogP contribution in [0.3, 0.4) is 0 Å². The summed E-state index contributed by atoms with van der Waals surface area (Å²) in [5.41, 5.74) is -8.82. The molecule has 1 aromatic rings. The van der Waals surface area contributed by atoms with Crippen LogP contribution in [-0.4, -0.2) is 65.8 Å². The van der Waals surface area contributed by atoms with Crippen molar-refractivity contribution in [1.29, 1.82) is 0 Å². The van der Waals surface area contributed by atoms with Crippen LogP contribution in [0.25, 0.3) is 0 Å². The topological polar surface area (TPSA) is 114 Å². The Morgan fingerprint density at radius 2 is 1.31 bits per heavy atom. The minimum Gasteiger partial charge on any atom is -0.466 e. The fraction of sp³-hybridized carbons (Fsp3) is 0.619. The van der Waals surface area contributed by atoms with Crippen LogP contribution in [0.4, 0.5) is 26.3 Å². The molecule has 1 saturated heterocycles. The van der Waals surface area contributed by atoms with Crippen molar-refractivity contribution in [3.63, 3.8) is 0 Å². The standard InChI is InChI=1S/C21H25F6NO7/c1-3-34-16(29)14-13(11-33-10-12-8-6-5-7-9-12)15(17(30)35-4-2)19(32,21(25,26)27)28-18(14,31)20(22,23)24/h5-9,13-15,28,31-32H,3-4,10-11H2,1-2H3. The van der Waals surface area contributed by atoms with E-state index in [1.807, 2.05) is 0 Å². The second-order valence-electron chi connectivity index (χ2n) is 7.78. The number of benzene rings is 1. The first kappa shape index (κ1) is 28.8. The third-order valence-corrected chi connectivity index (χ3v) is 5.50. The summed E-state index contributed by atoms with van der Waals surface area (Å²) < 4.78 is 98.4. The molecule has 198 valence electrons. The molecule has 1 fully saturated rings. The summed E-state index contributed by atoms with van der Waals surface area (Å²) in [6, 6.07) is 7.93. The molecular weight excluding hydrogens is 492 g/mol. The second kappa shape index (κ2) is 10.7. The molecule has 1 aromatic carbocycles. The predicted molar refractivity (Wildman–Crippen MR) is 105 cm³/mol. The number of nitrogens with one attached hydrogen (secondary N) is 1. The number of rotatable bonds is 8. The molecule has 4 unspecified atom stereocenters. The van der Waals surface area contributed by atoms with Gasteiger partial charge >= 0.3 is 24.3 Å². The van der Waals surface area contributed by atoms with Crippen molar-refractivity contribution >= 4 is 11.9 Å². The van der Waals surface area contributed by atoms with Gasteiger partial charge in [0, 0.05) is 5.92 Å². The third kappa shape index (κ3) is 5.71. The number of piperidine rings is 1. The largest absolute Gasteiger partial charge is 0.466 e. The van der Waals surface area contributed by atoms with Gasteiger partial charge in [0.05, 0.1) is 26.4 Å². The van der Waals surface area contributed by atoms with Gasteiger partial charge in [-0.1, -0.05) is 30.3 Å². The Morgan fingerprint density at radius 1 is 0.886 bits per heavy atom. The number of carbonyl (C=O) groups excluding carboxylic acids is 2. The zero-order valence-corrected chi connectivity index (χ0v) is 18.7. The van der Waals surface area contributed by atoms with E-state index in [2.05, 4.69) is 9.47 Å². The van der Waals surface area contributed by atoms with Gasteiger partial charge in [-0.05, 0) is 19.4 Å².